The molecule has 98 valence electrons. The molecule has 2 unspecified atom stereocenters. The van der Waals surface area contributed by atoms with Crippen molar-refractivity contribution in [2.24, 2.45) is 0 Å². The minimum atomic E-state index is -4.80. The quantitative estimate of drug-likeness (QED) is 0.348. The molecule has 0 aromatic rings. The molecule has 0 aromatic heterocycles. The van der Waals surface area contributed by atoms with Crippen molar-refractivity contribution >= 4 is 10.1 Å². The molecule has 0 aromatic carbocycles. The molecule has 0 rings (SSSR count). The Morgan fingerprint density at radius 3 is 2.25 bits per heavy atom. The van der Waals surface area contributed by atoms with Gasteiger partial charge >= 0.3 is 0 Å². The Bertz CT molecular complexity index is 274. The van der Waals surface area contributed by atoms with Gasteiger partial charge in [-0.25, -0.2) is 8.42 Å². The number of hydrogen-bond donors (Lipinski definition) is 3. The Labute approximate surface area is 95.1 Å². The summed E-state index contributed by atoms with van der Waals surface area (Å²) in [5, 5.41) is 27.3. The zero-order valence-electron chi connectivity index (χ0n) is 9.11. The Hall–Kier alpha value is -0.250. The van der Waals surface area contributed by atoms with E-state index in [2.05, 4.69) is 0 Å². The average Bonchev–Trinajstić information content (AvgIpc) is 2.15. The second-order valence-electron chi connectivity index (χ2n) is 3.42. The van der Waals surface area contributed by atoms with E-state index in [9.17, 15) is 18.1 Å². The van der Waals surface area contributed by atoms with Gasteiger partial charge in [0.2, 0.25) is 0 Å². The summed E-state index contributed by atoms with van der Waals surface area (Å²) in [6.45, 7) is 2.24. The first-order valence-electron chi connectivity index (χ1n) is 4.98. The maximum atomic E-state index is 10.4. The van der Waals surface area contributed by atoms with Crippen LogP contribution >= 0.6 is 0 Å². The van der Waals surface area contributed by atoms with Crippen molar-refractivity contribution in [2.75, 3.05) is 19.7 Å². The van der Waals surface area contributed by atoms with Crippen molar-refractivity contribution in [3.05, 3.63) is 0 Å². The topological polar surface area (TPSA) is 121 Å². The van der Waals surface area contributed by atoms with Crippen LogP contribution in [0.15, 0.2) is 0 Å². The average molecular weight is 256 g/mol. The van der Waals surface area contributed by atoms with Gasteiger partial charge in [0.1, 0.15) is 21.8 Å². The van der Waals surface area contributed by atoms with E-state index in [-0.39, 0.29) is 13.2 Å². The molecule has 2 atom stereocenters. The molecular formula is C8H18NO6S-. The summed E-state index contributed by atoms with van der Waals surface area (Å²) in [4.78, 5) is 1.40. The normalized spacial score (nSPS) is 16.4. The fourth-order valence-corrected chi connectivity index (χ4v) is 1.68. The molecule has 0 aliphatic rings. The van der Waals surface area contributed by atoms with Crippen LogP contribution in [-0.2, 0) is 10.1 Å². The highest BCUT2D eigenvalue weighted by molar-refractivity contribution is 7.86. The van der Waals surface area contributed by atoms with Crippen LogP contribution in [0.1, 0.15) is 19.8 Å². The maximum Gasteiger partial charge on any atom is 0.147 e. The predicted molar refractivity (Wildman–Crippen MR) is 55.3 cm³/mol. The van der Waals surface area contributed by atoms with E-state index < -0.39 is 28.2 Å². The molecule has 0 aliphatic carbocycles. The van der Waals surface area contributed by atoms with Crippen LogP contribution in [-0.4, -0.2) is 64.6 Å². The summed E-state index contributed by atoms with van der Waals surface area (Å²) < 4.78 is 31.3. The largest absolute Gasteiger partial charge is 0.746 e. The van der Waals surface area contributed by atoms with Gasteiger partial charge in [-0.2, -0.15) is 0 Å². The van der Waals surface area contributed by atoms with E-state index in [4.69, 9.17) is 10.2 Å². The van der Waals surface area contributed by atoms with Crippen molar-refractivity contribution in [2.45, 2.75) is 31.4 Å². The Morgan fingerprint density at radius 2 is 1.88 bits per heavy atom. The second-order valence-corrected chi connectivity index (χ2v) is 4.95. The molecule has 0 amide bonds. The summed E-state index contributed by atoms with van der Waals surface area (Å²) in [6.07, 6.45) is -1.14. The van der Waals surface area contributed by atoms with Crippen molar-refractivity contribution in [1.29, 1.82) is 0 Å². The zero-order chi connectivity index (χ0) is 12.8. The Balaban J connectivity index is 4.34. The van der Waals surface area contributed by atoms with Gasteiger partial charge in [0.25, 0.3) is 0 Å². The highest BCUT2D eigenvalue weighted by Crippen LogP contribution is 2.08. The molecule has 16 heavy (non-hydrogen) atoms. The number of aliphatic hydroxyl groups excluding tert-OH is 3. The number of nitrogens with zero attached hydrogens (tertiary/aromatic N) is 1. The second kappa shape index (κ2) is 7.15. The van der Waals surface area contributed by atoms with Gasteiger partial charge in [-0.05, 0) is 6.42 Å². The fourth-order valence-electron chi connectivity index (χ4n) is 1.27. The molecule has 0 radical (unpaired) electrons. The molecule has 3 N–H and O–H groups in total. The van der Waals surface area contributed by atoms with Crippen molar-refractivity contribution in [3.8, 4) is 0 Å². The highest BCUT2D eigenvalue weighted by atomic mass is 32.2. The van der Waals surface area contributed by atoms with Gasteiger partial charge in [-0.1, -0.05) is 6.92 Å². The first-order valence-corrected chi connectivity index (χ1v) is 6.45. The zero-order valence-corrected chi connectivity index (χ0v) is 9.93. The van der Waals surface area contributed by atoms with Crippen LogP contribution in [0.25, 0.3) is 0 Å². The van der Waals surface area contributed by atoms with Gasteiger partial charge in [0.05, 0.1) is 6.61 Å². The molecule has 0 fully saturated rings. The van der Waals surface area contributed by atoms with Crippen LogP contribution in [0.3, 0.4) is 0 Å². The van der Waals surface area contributed by atoms with Crippen molar-refractivity contribution in [1.82, 2.24) is 4.90 Å². The highest BCUT2D eigenvalue weighted by Gasteiger charge is 2.21. The SMILES string of the molecule is CCCN(CCO)C(O)CC(O)S(=O)(=O)[O-]. The van der Waals surface area contributed by atoms with Crippen LogP contribution in [0.5, 0.6) is 0 Å². The molecule has 0 heterocycles. The van der Waals surface area contributed by atoms with Crippen LogP contribution < -0.4 is 0 Å². The van der Waals surface area contributed by atoms with E-state index >= 15 is 0 Å². The van der Waals surface area contributed by atoms with Crippen LogP contribution in [0.4, 0.5) is 0 Å². The van der Waals surface area contributed by atoms with E-state index in [1.54, 1.807) is 0 Å². The van der Waals surface area contributed by atoms with Crippen LogP contribution in [0, 0.1) is 0 Å². The maximum absolute atomic E-state index is 10.4. The number of rotatable bonds is 8. The molecule has 0 saturated carbocycles. The first-order chi connectivity index (χ1) is 7.32. The third-order valence-corrected chi connectivity index (χ3v) is 2.92. The van der Waals surface area contributed by atoms with Crippen molar-refractivity contribution < 1.29 is 28.3 Å². The minimum absolute atomic E-state index is 0.153. The lowest BCUT2D eigenvalue weighted by atomic mass is 10.3. The van der Waals surface area contributed by atoms with Gasteiger partial charge in [-0.3, -0.25) is 4.90 Å². The fraction of sp³-hybridized carbons (Fsp3) is 1.00. The standard InChI is InChI=1S/C8H19NO6S/c1-2-3-9(4-5-10)7(11)6-8(12)16(13,14)15/h7-8,10-12H,2-6H2,1H3,(H,13,14,15)/p-1. The predicted octanol–water partition coefficient (Wildman–Crippen LogP) is -1.74. The molecule has 0 aliphatic heterocycles. The lowest BCUT2D eigenvalue weighted by Crippen LogP contribution is -2.41. The third-order valence-electron chi connectivity index (χ3n) is 2.07. The summed E-state index contributed by atoms with van der Waals surface area (Å²) in [6, 6.07) is 0. The molecule has 0 saturated heterocycles. The Kier molecular flexibility index (Phi) is 7.04. The monoisotopic (exact) mass is 256 g/mol. The number of aliphatic hydroxyl groups is 3. The lowest BCUT2D eigenvalue weighted by Gasteiger charge is -2.28. The van der Waals surface area contributed by atoms with Gasteiger partial charge < -0.3 is 19.9 Å². The Morgan fingerprint density at radius 1 is 1.31 bits per heavy atom. The summed E-state index contributed by atoms with van der Waals surface area (Å²) in [7, 11) is -4.80. The number of hydrogen-bond acceptors (Lipinski definition) is 7. The third kappa shape index (κ3) is 5.73. The lowest BCUT2D eigenvalue weighted by molar-refractivity contribution is -0.0265. The van der Waals surface area contributed by atoms with E-state index in [1.807, 2.05) is 6.92 Å². The molecule has 0 spiro atoms. The van der Waals surface area contributed by atoms with Crippen molar-refractivity contribution in [3.63, 3.8) is 0 Å². The summed E-state index contributed by atoms with van der Waals surface area (Å²) >= 11 is 0. The van der Waals surface area contributed by atoms with E-state index in [0.717, 1.165) is 0 Å². The molecule has 0 bridgehead atoms. The van der Waals surface area contributed by atoms with Gasteiger partial charge in [-0.15, -0.1) is 0 Å². The summed E-state index contributed by atoms with van der Waals surface area (Å²) in [5.74, 6) is 0. The first kappa shape index (κ1) is 15.8. The smallest absolute Gasteiger partial charge is 0.147 e. The molecule has 8 heteroatoms. The summed E-state index contributed by atoms with van der Waals surface area (Å²) in [5.41, 5.74) is -2.12. The minimum Gasteiger partial charge on any atom is -0.746 e. The molecule has 7 nitrogen and oxygen atoms in total. The van der Waals surface area contributed by atoms with E-state index in [1.165, 1.54) is 4.90 Å². The molecular weight excluding hydrogens is 238 g/mol. The van der Waals surface area contributed by atoms with Gasteiger partial charge in [0.15, 0.2) is 0 Å². The van der Waals surface area contributed by atoms with E-state index in [0.29, 0.717) is 13.0 Å². The van der Waals surface area contributed by atoms with Crippen LogP contribution in [0.2, 0.25) is 0 Å². The van der Waals surface area contributed by atoms with Gasteiger partial charge in [0, 0.05) is 19.5 Å².